The Labute approximate surface area is 205 Å². The summed E-state index contributed by atoms with van der Waals surface area (Å²) in [5.41, 5.74) is 0.1000. The third-order valence-corrected chi connectivity index (χ3v) is 4.47. The van der Waals surface area contributed by atoms with Crippen LogP contribution in [0, 0.1) is 0 Å². The van der Waals surface area contributed by atoms with Crippen molar-refractivity contribution in [2.24, 2.45) is 0 Å². The van der Waals surface area contributed by atoms with Crippen molar-refractivity contribution in [1.29, 1.82) is 0 Å². The monoisotopic (exact) mass is 497 g/mol. The summed E-state index contributed by atoms with van der Waals surface area (Å²) in [4.78, 5) is 22.3. The van der Waals surface area contributed by atoms with Gasteiger partial charge in [-0.3, -0.25) is 0 Å². The second-order valence-electron chi connectivity index (χ2n) is 8.82. The van der Waals surface area contributed by atoms with Crippen LogP contribution in [0.4, 0.5) is 9.59 Å². The minimum atomic E-state index is -0.478. The van der Waals surface area contributed by atoms with E-state index < -0.39 is 17.3 Å². The van der Waals surface area contributed by atoms with E-state index in [2.05, 4.69) is 28.4 Å². The van der Waals surface area contributed by atoms with Crippen LogP contribution in [-0.4, -0.2) is 53.1 Å². The average Bonchev–Trinajstić information content (AvgIpc) is 3.17. The minimum absolute atomic E-state index is 0.383. The molecule has 1 aromatic heterocycles. The SMILES string of the molecule is CC(C)(C)OC(=O)NCCS.CC(C)(C)OC(=O)NCCSc1cc(-c2ccccc2)on1. The van der Waals surface area contributed by atoms with Crippen LogP contribution in [-0.2, 0) is 9.47 Å². The topological polar surface area (TPSA) is 103 Å². The fourth-order valence-corrected chi connectivity index (χ4v) is 2.97. The zero-order valence-corrected chi connectivity index (χ0v) is 21.8. The van der Waals surface area contributed by atoms with Crippen molar-refractivity contribution in [3.05, 3.63) is 36.4 Å². The predicted octanol–water partition coefficient (Wildman–Crippen LogP) is 5.40. The Bertz CT molecular complexity index is 846. The Morgan fingerprint density at radius 3 is 2.03 bits per heavy atom. The maximum atomic E-state index is 11.5. The second-order valence-corrected chi connectivity index (χ2v) is 10.4. The van der Waals surface area contributed by atoms with E-state index >= 15 is 0 Å². The van der Waals surface area contributed by atoms with Gasteiger partial charge in [0, 0.05) is 36.2 Å². The Balaban J connectivity index is 0.000000420. The van der Waals surface area contributed by atoms with Crippen molar-refractivity contribution >= 4 is 36.6 Å². The smallest absolute Gasteiger partial charge is 0.407 e. The molecular formula is C23H35N3O5S2. The van der Waals surface area contributed by atoms with Crippen LogP contribution in [0.25, 0.3) is 11.3 Å². The van der Waals surface area contributed by atoms with Gasteiger partial charge in [0.2, 0.25) is 0 Å². The molecule has 0 saturated carbocycles. The van der Waals surface area contributed by atoms with Crippen molar-refractivity contribution in [2.75, 3.05) is 24.6 Å². The van der Waals surface area contributed by atoms with Crippen LogP contribution in [0.5, 0.6) is 0 Å². The molecule has 0 fully saturated rings. The number of nitrogens with zero attached hydrogens (tertiary/aromatic N) is 1. The summed E-state index contributed by atoms with van der Waals surface area (Å²) in [6.07, 6.45) is -0.787. The van der Waals surface area contributed by atoms with Gasteiger partial charge >= 0.3 is 12.2 Å². The molecule has 2 rings (SSSR count). The number of nitrogens with one attached hydrogen (secondary N) is 2. The molecule has 2 N–H and O–H groups in total. The number of amides is 2. The fraction of sp³-hybridized carbons (Fsp3) is 0.522. The number of thiol groups is 1. The largest absolute Gasteiger partial charge is 0.444 e. The van der Waals surface area contributed by atoms with E-state index in [0.717, 1.165) is 16.3 Å². The summed E-state index contributed by atoms with van der Waals surface area (Å²) in [6.45, 7) is 12.0. The van der Waals surface area contributed by atoms with Gasteiger partial charge in [0.25, 0.3) is 0 Å². The van der Waals surface area contributed by atoms with E-state index in [4.69, 9.17) is 14.0 Å². The van der Waals surface area contributed by atoms with E-state index in [1.165, 1.54) is 11.8 Å². The number of carbonyl (C=O) groups is 2. The average molecular weight is 498 g/mol. The van der Waals surface area contributed by atoms with Crippen molar-refractivity contribution in [2.45, 2.75) is 57.8 Å². The molecule has 184 valence electrons. The standard InChI is InChI=1S/C16H20N2O3S.C7H15NO2S/c1-16(2,3)20-15(19)17-9-10-22-14-11-13(21-18-14)12-7-5-4-6-8-12;1-7(2,3)10-6(9)8-4-5-11/h4-8,11H,9-10H2,1-3H3,(H,17,19);11H,4-5H2,1-3H3,(H,8,9). The molecule has 0 aliphatic carbocycles. The number of hydrogen-bond acceptors (Lipinski definition) is 8. The van der Waals surface area contributed by atoms with Gasteiger partial charge < -0.3 is 24.6 Å². The molecule has 0 bridgehead atoms. The highest BCUT2D eigenvalue weighted by molar-refractivity contribution is 7.99. The van der Waals surface area contributed by atoms with Crippen LogP contribution < -0.4 is 10.6 Å². The number of ether oxygens (including phenoxy) is 2. The number of hydrogen-bond donors (Lipinski definition) is 3. The maximum absolute atomic E-state index is 11.5. The number of benzene rings is 1. The van der Waals surface area contributed by atoms with Crippen molar-refractivity contribution in [3.8, 4) is 11.3 Å². The Hall–Kier alpha value is -2.33. The van der Waals surface area contributed by atoms with E-state index in [1.54, 1.807) is 0 Å². The fourth-order valence-electron chi connectivity index (χ4n) is 2.16. The number of thioether (sulfide) groups is 1. The number of alkyl carbamates (subject to hydrolysis) is 2. The Kier molecular flexibility index (Phi) is 12.2. The highest BCUT2D eigenvalue weighted by atomic mass is 32.2. The number of rotatable bonds is 7. The van der Waals surface area contributed by atoms with Crippen LogP contribution in [0.2, 0.25) is 0 Å². The van der Waals surface area contributed by atoms with Crippen molar-refractivity contribution in [1.82, 2.24) is 15.8 Å². The third-order valence-electron chi connectivity index (χ3n) is 3.35. The quantitative estimate of drug-likeness (QED) is 0.267. The van der Waals surface area contributed by atoms with Gasteiger partial charge in [0.1, 0.15) is 16.2 Å². The first-order chi connectivity index (χ1) is 15.4. The van der Waals surface area contributed by atoms with E-state index in [-0.39, 0.29) is 6.09 Å². The lowest BCUT2D eigenvalue weighted by Crippen LogP contribution is -2.33. The Morgan fingerprint density at radius 1 is 0.970 bits per heavy atom. The van der Waals surface area contributed by atoms with Crippen LogP contribution in [0.1, 0.15) is 41.5 Å². The molecule has 2 amide bonds. The van der Waals surface area contributed by atoms with Gasteiger partial charge in [0.15, 0.2) is 5.76 Å². The highest BCUT2D eigenvalue weighted by Gasteiger charge is 2.16. The lowest BCUT2D eigenvalue weighted by atomic mass is 10.2. The molecule has 0 aliphatic rings. The van der Waals surface area contributed by atoms with Gasteiger partial charge in [-0.1, -0.05) is 35.5 Å². The zero-order valence-electron chi connectivity index (χ0n) is 20.1. The van der Waals surface area contributed by atoms with E-state index in [1.807, 2.05) is 77.9 Å². The molecule has 0 unspecified atom stereocenters. The molecule has 10 heteroatoms. The molecule has 8 nitrogen and oxygen atoms in total. The van der Waals surface area contributed by atoms with Crippen LogP contribution in [0.15, 0.2) is 45.9 Å². The first kappa shape index (κ1) is 28.7. The number of carbonyl (C=O) groups excluding carboxylic acids is 2. The second kappa shape index (κ2) is 14.0. The third kappa shape index (κ3) is 14.4. The molecule has 33 heavy (non-hydrogen) atoms. The highest BCUT2D eigenvalue weighted by Crippen LogP contribution is 2.24. The van der Waals surface area contributed by atoms with E-state index in [9.17, 15) is 9.59 Å². The molecule has 0 aliphatic heterocycles. The van der Waals surface area contributed by atoms with Gasteiger partial charge in [-0.2, -0.15) is 12.6 Å². The van der Waals surface area contributed by atoms with Crippen LogP contribution >= 0.6 is 24.4 Å². The van der Waals surface area contributed by atoms with Crippen molar-refractivity contribution in [3.63, 3.8) is 0 Å². The zero-order chi connectivity index (χ0) is 24.9. The predicted molar refractivity (Wildman–Crippen MR) is 135 cm³/mol. The summed E-state index contributed by atoms with van der Waals surface area (Å²) < 4.78 is 15.4. The van der Waals surface area contributed by atoms with Crippen LogP contribution in [0.3, 0.4) is 0 Å². The molecule has 1 heterocycles. The van der Waals surface area contributed by atoms with Gasteiger partial charge in [-0.15, -0.1) is 11.8 Å². The number of aromatic nitrogens is 1. The minimum Gasteiger partial charge on any atom is -0.444 e. The summed E-state index contributed by atoms with van der Waals surface area (Å²) >= 11 is 5.46. The van der Waals surface area contributed by atoms with Crippen molar-refractivity contribution < 1.29 is 23.6 Å². The Morgan fingerprint density at radius 2 is 1.52 bits per heavy atom. The molecular weight excluding hydrogens is 462 g/mol. The maximum Gasteiger partial charge on any atom is 0.407 e. The van der Waals surface area contributed by atoms with Gasteiger partial charge in [0.05, 0.1) is 0 Å². The molecule has 0 atom stereocenters. The van der Waals surface area contributed by atoms with E-state index in [0.29, 0.717) is 24.6 Å². The summed E-state index contributed by atoms with van der Waals surface area (Å²) in [5.74, 6) is 2.06. The van der Waals surface area contributed by atoms with Gasteiger partial charge in [-0.05, 0) is 41.5 Å². The molecule has 0 radical (unpaired) electrons. The molecule has 1 aromatic carbocycles. The normalized spacial score (nSPS) is 11.1. The molecule has 2 aromatic rings. The lowest BCUT2D eigenvalue weighted by molar-refractivity contribution is 0.0520. The summed E-state index contributed by atoms with van der Waals surface area (Å²) in [7, 11) is 0. The lowest BCUT2D eigenvalue weighted by Gasteiger charge is -2.19. The molecule has 0 saturated heterocycles. The molecule has 0 spiro atoms. The summed E-state index contributed by atoms with van der Waals surface area (Å²) in [5, 5.41) is 10.1. The first-order valence-electron chi connectivity index (χ1n) is 10.6. The summed E-state index contributed by atoms with van der Waals surface area (Å²) in [6, 6.07) is 11.7. The first-order valence-corrected chi connectivity index (χ1v) is 12.2. The van der Waals surface area contributed by atoms with Gasteiger partial charge in [-0.25, -0.2) is 9.59 Å².